The average Bonchev–Trinajstić information content (AvgIpc) is 2.22. The number of hydrogen-bond acceptors (Lipinski definition) is 2. The molecule has 0 rings (SSSR count). The van der Waals surface area contributed by atoms with Gasteiger partial charge in [-0.1, -0.05) is 33.6 Å². The van der Waals surface area contributed by atoms with E-state index in [0.717, 1.165) is 25.8 Å². The van der Waals surface area contributed by atoms with E-state index in [2.05, 4.69) is 32.6 Å². The zero-order chi connectivity index (χ0) is 11.8. The van der Waals surface area contributed by atoms with Crippen LogP contribution in [0.4, 0.5) is 0 Å². The highest BCUT2D eigenvalue weighted by Crippen LogP contribution is 2.13. The summed E-state index contributed by atoms with van der Waals surface area (Å²) in [5, 5.41) is 8.84. The number of rotatable bonds is 8. The maximum absolute atomic E-state index is 10.7. The third kappa shape index (κ3) is 5.78. The second kappa shape index (κ2) is 7.69. The highest BCUT2D eigenvalue weighted by Gasteiger charge is 2.18. The minimum atomic E-state index is -0.721. The second-order valence-electron chi connectivity index (χ2n) is 4.26. The first-order valence-electron chi connectivity index (χ1n) is 6.00. The molecule has 0 aromatic heterocycles. The monoisotopic (exact) mass is 215 g/mol. The van der Waals surface area contributed by atoms with Crippen LogP contribution in [-0.2, 0) is 4.79 Å². The summed E-state index contributed by atoms with van der Waals surface area (Å²) in [6.07, 6.45) is 3.26. The number of carboxylic acid groups (broad SMARTS) is 1. The van der Waals surface area contributed by atoms with E-state index in [-0.39, 0.29) is 6.54 Å². The van der Waals surface area contributed by atoms with Gasteiger partial charge in [0.25, 0.3) is 0 Å². The number of hydrogen-bond donors (Lipinski definition) is 1. The van der Waals surface area contributed by atoms with E-state index >= 15 is 0 Å². The molecular formula is C12H25NO2. The van der Waals surface area contributed by atoms with Gasteiger partial charge in [0.05, 0.1) is 6.54 Å². The van der Waals surface area contributed by atoms with Crippen molar-refractivity contribution in [3.63, 3.8) is 0 Å². The maximum Gasteiger partial charge on any atom is 0.317 e. The van der Waals surface area contributed by atoms with Crippen LogP contribution in [0.2, 0.25) is 0 Å². The van der Waals surface area contributed by atoms with Gasteiger partial charge in [0.15, 0.2) is 0 Å². The number of aliphatic carboxylic acids is 1. The van der Waals surface area contributed by atoms with Crippen molar-refractivity contribution in [3.8, 4) is 0 Å². The lowest BCUT2D eigenvalue weighted by molar-refractivity contribution is -0.139. The summed E-state index contributed by atoms with van der Waals surface area (Å²) in [4.78, 5) is 12.8. The van der Waals surface area contributed by atoms with Gasteiger partial charge < -0.3 is 5.11 Å². The molecule has 0 fully saturated rings. The Morgan fingerprint density at radius 2 is 1.73 bits per heavy atom. The van der Waals surface area contributed by atoms with Crippen LogP contribution in [0, 0.1) is 5.92 Å². The Balaban J connectivity index is 4.28. The standard InChI is InChI=1S/C12H25NO2/c1-5-10(4)13(9-12(14)15)8-11(6-2)7-3/h10-11H,5-9H2,1-4H3,(H,14,15). The summed E-state index contributed by atoms with van der Waals surface area (Å²) < 4.78 is 0. The molecule has 1 N–H and O–H groups in total. The van der Waals surface area contributed by atoms with E-state index in [1.807, 2.05) is 0 Å². The van der Waals surface area contributed by atoms with Crippen molar-refractivity contribution in [2.75, 3.05) is 13.1 Å². The predicted octanol–water partition coefficient (Wildman–Crippen LogP) is 2.61. The summed E-state index contributed by atoms with van der Waals surface area (Å²) in [5.74, 6) is -0.0976. The van der Waals surface area contributed by atoms with E-state index < -0.39 is 5.97 Å². The van der Waals surface area contributed by atoms with Gasteiger partial charge in [-0.3, -0.25) is 9.69 Å². The average molecular weight is 215 g/mol. The molecule has 0 saturated carbocycles. The van der Waals surface area contributed by atoms with Crippen LogP contribution in [0.1, 0.15) is 47.0 Å². The molecule has 0 aromatic rings. The summed E-state index contributed by atoms with van der Waals surface area (Å²) in [5.41, 5.74) is 0. The zero-order valence-corrected chi connectivity index (χ0v) is 10.5. The molecule has 0 amide bonds. The molecule has 0 aliphatic rings. The van der Waals surface area contributed by atoms with Crippen molar-refractivity contribution >= 4 is 5.97 Å². The molecule has 0 aliphatic carbocycles. The first-order chi connectivity index (χ1) is 7.04. The SMILES string of the molecule is CCC(CC)CN(CC(=O)O)C(C)CC. The third-order valence-corrected chi connectivity index (χ3v) is 3.20. The van der Waals surface area contributed by atoms with Gasteiger partial charge in [-0.25, -0.2) is 0 Å². The summed E-state index contributed by atoms with van der Waals surface area (Å²) in [6, 6.07) is 0.363. The van der Waals surface area contributed by atoms with Gasteiger partial charge in [0.1, 0.15) is 0 Å². The molecule has 0 radical (unpaired) electrons. The topological polar surface area (TPSA) is 40.5 Å². The first kappa shape index (κ1) is 14.4. The molecule has 0 heterocycles. The Morgan fingerprint density at radius 3 is 2.07 bits per heavy atom. The smallest absolute Gasteiger partial charge is 0.317 e. The summed E-state index contributed by atoms with van der Waals surface area (Å²) >= 11 is 0. The van der Waals surface area contributed by atoms with Gasteiger partial charge >= 0.3 is 5.97 Å². The quantitative estimate of drug-likeness (QED) is 0.676. The molecule has 0 spiro atoms. The fourth-order valence-electron chi connectivity index (χ4n) is 1.71. The van der Waals surface area contributed by atoms with Crippen molar-refractivity contribution in [1.82, 2.24) is 4.90 Å². The Bertz CT molecular complexity index is 178. The number of nitrogens with zero attached hydrogens (tertiary/aromatic N) is 1. The molecule has 0 aliphatic heterocycles. The molecule has 3 nitrogen and oxygen atoms in total. The van der Waals surface area contributed by atoms with Gasteiger partial charge in [0, 0.05) is 12.6 Å². The molecule has 15 heavy (non-hydrogen) atoms. The molecule has 0 saturated heterocycles. The number of carbonyl (C=O) groups is 1. The Labute approximate surface area is 93.5 Å². The third-order valence-electron chi connectivity index (χ3n) is 3.20. The second-order valence-corrected chi connectivity index (χ2v) is 4.26. The van der Waals surface area contributed by atoms with Crippen LogP contribution in [0.5, 0.6) is 0 Å². The van der Waals surface area contributed by atoms with Crippen LogP contribution in [0.25, 0.3) is 0 Å². The zero-order valence-electron chi connectivity index (χ0n) is 10.5. The maximum atomic E-state index is 10.7. The van der Waals surface area contributed by atoms with E-state index in [1.54, 1.807) is 0 Å². The van der Waals surface area contributed by atoms with Crippen LogP contribution < -0.4 is 0 Å². The Kier molecular flexibility index (Phi) is 7.39. The van der Waals surface area contributed by atoms with Gasteiger partial charge in [0.2, 0.25) is 0 Å². The van der Waals surface area contributed by atoms with Crippen molar-refractivity contribution in [1.29, 1.82) is 0 Å². The molecule has 1 atom stereocenters. The van der Waals surface area contributed by atoms with E-state index in [9.17, 15) is 4.79 Å². The van der Waals surface area contributed by atoms with Crippen LogP contribution in [0.15, 0.2) is 0 Å². The van der Waals surface area contributed by atoms with E-state index in [1.165, 1.54) is 0 Å². The molecular weight excluding hydrogens is 190 g/mol. The highest BCUT2D eigenvalue weighted by molar-refractivity contribution is 5.69. The van der Waals surface area contributed by atoms with E-state index in [4.69, 9.17) is 5.11 Å². The molecule has 1 unspecified atom stereocenters. The molecule has 0 bridgehead atoms. The van der Waals surface area contributed by atoms with Crippen LogP contribution >= 0.6 is 0 Å². The van der Waals surface area contributed by atoms with Crippen molar-refractivity contribution in [2.45, 2.75) is 53.0 Å². The van der Waals surface area contributed by atoms with Crippen LogP contribution in [-0.4, -0.2) is 35.1 Å². The minimum absolute atomic E-state index is 0.172. The summed E-state index contributed by atoms with van der Waals surface area (Å²) in [6.45, 7) is 9.63. The number of carboxylic acids is 1. The van der Waals surface area contributed by atoms with Gasteiger partial charge in [-0.05, 0) is 19.3 Å². The van der Waals surface area contributed by atoms with Crippen molar-refractivity contribution < 1.29 is 9.90 Å². The normalized spacial score (nSPS) is 13.5. The predicted molar refractivity (Wildman–Crippen MR) is 63.0 cm³/mol. The minimum Gasteiger partial charge on any atom is -0.480 e. The largest absolute Gasteiger partial charge is 0.480 e. The fraction of sp³-hybridized carbons (Fsp3) is 0.917. The van der Waals surface area contributed by atoms with Gasteiger partial charge in [-0.15, -0.1) is 0 Å². The fourth-order valence-corrected chi connectivity index (χ4v) is 1.71. The van der Waals surface area contributed by atoms with Crippen molar-refractivity contribution in [3.05, 3.63) is 0 Å². The molecule has 0 aromatic carbocycles. The summed E-state index contributed by atoms with van der Waals surface area (Å²) in [7, 11) is 0. The Hall–Kier alpha value is -0.570. The molecule has 90 valence electrons. The van der Waals surface area contributed by atoms with Gasteiger partial charge in [-0.2, -0.15) is 0 Å². The highest BCUT2D eigenvalue weighted by atomic mass is 16.4. The van der Waals surface area contributed by atoms with Crippen LogP contribution in [0.3, 0.4) is 0 Å². The van der Waals surface area contributed by atoms with Crippen molar-refractivity contribution in [2.24, 2.45) is 5.92 Å². The lowest BCUT2D eigenvalue weighted by atomic mass is 10.0. The Morgan fingerprint density at radius 1 is 1.20 bits per heavy atom. The molecule has 3 heteroatoms. The lowest BCUT2D eigenvalue weighted by Gasteiger charge is -2.30. The first-order valence-corrected chi connectivity index (χ1v) is 6.00. The van der Waals surface area contributed by atoms with E-state index in [0.29, 0.717) is 12.0 Å². The lowest BCUT2D eigenvalue weighted by Crippen LogP contribution is -2.40.